The van der Waals surface area contributed by atoms with Gasteiger partial charge >= 0.3 is 6.03 Å². The van der Waals surface area contributed by atoms with Gasteiger partial charge in [-0.3, -0.25) is 20.4 Å². The van der Waals surface area contributed by atoms with Gasteiger partial charge in [0.1, 0.15) is 5.75 Å². The van der Waals surface area contributed by atoms with Crippen molar-refractivity contribution in [2.75, 3.05) is 28.6 Å². The first kappa shape index (κ1) is 26.4. The lowest BCUT2D eigenvalue weighted by Gasteiger charge is -2.12. The van der Waals surface area contributed by atoms with Crippen LogP contribution in [0.1, 0.15) is 17.5 Å². The van der Waals surface area contributed by atoms with E-state index in [1.807, 2.05) is 32.0 Å². The van der Waals surface area contributed by atoms with Crippen LogP contribution < -0.4 is 30.9 Å². The summed E-state index contributed by atoms with van der Waals surface area (Å²) in [7, 11) is -3.89. The van der Waals surface area contributed by atoms with Crippen LogP contribution in [0.2, 0.25) is 0 Å². The Morgan fingerprint density at radius 3 is 2.42 bits per heavy atom. The average molecular weight is 512 g/mol. The van der Waals surface area contributed by atoms with Gasteiger partial charge in [-0.25, -0.2) is 13.2 Å². The lowest BCUT2D eigenvalue weighted by atomic mass is 10.1. The van der Waals surface area contributed by atoms with Gasteiger partial charge in [0, 0.05) is 17.9 Å². The molecule has 36 heavy (non-hydrogen) atoms. The number of hydrazine groups is 1. The maximum atomic E-state index is 12.8. The summed E-state index contributed by atoms with van der Waals surface area (Å²) < 4.78 is 33.8. The Morgan fingerprint density at radius 1 is 0.944 bits per heavy atom. The SMILES string of the molecule is Cc1ccc(OCCCNC(=O)Nc2cccc(S(=O)(=O)Nc3ccc(NNC=O)cc3)c2)c(C)c1. The summed E-state index contributed by atoms with van der Waals surface area (Å²) in [5.74, 6) is 0.819. The van der Waals surface area contributed by atoms with E-state index in [1.165, 1.54) is 17.7 Å². The topological polar surface area (TPSA) is 138 Å². The number of hydrogen-bond donors (Lipinski definition) is 5. The number of hydrogen-bond acceptors (Lipinski definition) is 6. The molecule has 0 bridgehead atoms. The zero-order chi connectivity index (χ0) is 26.0. The van der Waals surface area contributed by atoms with Gasteiger partial charge in [-0.05, 0) is 74.4 Å². The number of nitrogens with one attached hydrogen (secondary N) is 5. The molecular formula is C25H29N5O5S. The molecule has 11 heteroatoms. The molecule has 3 aromatic rings. The fraction of sp³-hybridized carbons (Fsp3) is 0.200. The monoisotopic (exact) mass is 511 g/mol. The van der Waals surface area contributed by atoms with Gasteiger partial charge in [-0.2, -0.15) is 0 Å². The molecule has 0 atom stereocenters. The number of aryl methyl sites for hydroxylation is 2. The van der Waals surface area contributed by atoms with Crippen molar-refractivity contribution in [2.45, 2.75) is 25.2 Å². The average Bonchev–Trinajstić information content (AvgIpc) is 2.84. The van der Waals surface area contributed by atoms with Gasteiger partial charge in [0.15, 0.2) is 0 Å². The standard InChI is InChI=1S/C25H29N5O5S/c1-18-7-12-24(19(2)15-18)35-14-4-13-26-25(32)28-22-5-3-6-23(16-22)36(33,34)30-21-10-8-20(9-11-21)29-27-17-31/h3,5-12,15-17,29-30H,4,13-14H2,1-2H3,(H,27,31)(H2,26,28,32). The number of carbonyl (C=O) groups is 2. The van der Waals surface area contributed by atoms with Crippen LogP contribution in [0.15, 0.2) is 71.6 Å². The summed E-state index contributed by atoms with van der Waals surface area (Å²) in [4.78, 5) is 22.6. The normalized spacial score (nSPS) is 10.7. The number of urea groups is 1. The fourth-order valence-electron chi connectivity index (χ4n) is 3.28. The number of anilines is 3. The van der Waals surface area contributed by atoms with Crippen LogP contribution in [0.5, 0.6) is 5.75 Å². The first-order valence-electron chi connectivity index (χ1n) is 11.2. The van der Waals surface area contributed by atoms with E-state index in [9.17, 15) is 18.0 Å². The van der Waals surface area contributed by atoms with Gasteiger partial charge in [0.2, 0.25) is 6.41 Å². The van der Waals surface area contributed by atoms with E-state index in [-0.39, 0.29) is 4.90 Å². The fourth-order valence-corrected chi connectivity index (χ4v) is 4.39. The van der Waals surface area contributed by atoms with Crippen LogP contribution in [0, 0.1) is 13.8 Å². The molecule has 3 aromatic carbocycles. The van der Waals surface area contributed by atoms with Crippen molar-refractivity contribution in [3.63, 3.8) is 0 Å². The molecule has 0 aliphatic rings. The van der Waals surface area contributed by atoms with Crippen LogP contribution in [0.3, 0.4) is 0 Å². The lowest BCUT2D eigenvalue weighted by molar-refractivity contribution is -0.109. The molecular weight excluding hydrogens is 482 g/mol. The van der Waals surface area contributed by atoms with E-state index in [4.69, 9.17) is 4.74 Å². The third-order valence-electron chi connectivity index (χ3n) is 5.01. The van der Waals surface area contributed by atoms with Crippen LogP contribution in [-0.2, 0) is 14.8 Å². The molecule has 0 aliphatic carbocycles. The largest absolute Gasteiger partial charge is 0.493 e. The molecule has 3 amide bonds. The smallest absolute Gasteiger partial charge is 0.319 e. The summed E-state index contributed by atoms with van der Waals surface area (Å²) in [6.07, 6.45) is 1.10. The minimum absolute atomic E-state index is 0.00742. The van der Waals surface area contributed by atoms with Crippen LogP contribution in [0.25, 0.3) is 0 Å². The summed E-state index contributed by atoms with van der Waals surface area (Å²) in [5.41, 5.74) is 8.41. The number of amides is 3. The highest BCUT2D eigenvalue weighted by Crippen LogP contribution is 2.21. The van der Waals surface area contributed by atoms with Crippen LogP contribution in [-0.4, -0.2) is 34.0 Å². The van der Waals surface area contributed by atoms with Gasteiger partial charge in [0.05, 0.1) is 17.2 Å². The quantitative estimate of drug-likeness (QED) is 0.143. The van der Waals surface area contributed by atoms with Crippen molar-refractivity contribution in [3.8, 4) is 5.75 Å². The van der Waals surface area contributed by atoms with Crippen LogP contribution in [0.4, 0.5) is 21.9 Å². The Labute approximate surface area is 210 Å². The van der Waals surface area contributed by atoms with Crippen LogP contribution >= 0.6 is 0 Å². The number of sulfonamides is 1. The molecule has 0 fully saturated rings. The predicted octanol–water partition coefficient (Wildman–Crippen LogP) is 3.77. The second-order valence-electron chi connectivity index (χ2n) is 7.95. The number of rotatable bonds is 12. The van der Waals surface area contributed by atoms with E-state index in [1.54, 1.807) is 36.4 Å². The number of ether oxygens (including phenoxy) is 1. The summed E-state index contributed by atoms with van der Waals surface area (Å²) in [6.45, 7) is 4.85. The Balaban J connectivity index is 1.48. The van der Waals surface area contributed by atoms with E-state index < -0.39 is 16.1 Å². The molecule has 0 unspecified atom stereocenters. The molecule has 0 saturated heterocycles. The minimum Gasteiger partial charge on any atom is -0.493 e. The third-order valence-corrected chi connectivity index (χ3v) is 6.39. The molecule has 0 saturated carbocycles. The zero-order valence-electron chi connectivity index (χ0n) is 20.0. The number of carbonyl (C=O) groups excluding carboxylic acids is 2. The maximum Gasteiger partial charge on any atom is 0.319 e. The highest BCUT2D eigenvalue weighted by molar-refractivity contribution is 7.92. The lowest BCUT2D eigenvalue weighted by Crippen LogP contribution is -2.30. The Hall–Kier alpha value is -4.25. The second-order valence-corrected chi connectivity index (χ2v) is 9.63. The van der Waals surface area contributed by atoms with E-state index in [0.717, 1.165) is 11.3 Å². The minimum atomic E-state index is -3.89. The van der Waals surface area contributed by atoms with Crippen molar-refractivity contribution >= 4 is 39.5 Å². The number of benzene rings is 3. The molecule has 0 radical (unpaired) electrons. The molecule has 5 N–H and O–H groups in total. The first-order chi connectivity index (χ1) is 17.3. The molecule has 3 rings (SSSR count). The Bertz CT molecular complexity index is 1300. The van der Waals surface area contributed by atoms with E-state index >= 15 is 0 Å². The van der Waals surface area contributed by atoms with E-state index in [0.29, 0.717) is 43.0 Å². The zero-order valence-corrected chi connectivity index (χ0v) is 20.8. The maximum absolute atomic E-state index is 12.8. The molecule has 0 aromatic heterocycles. The van der Waals surface area contributed by atoms with Crippen molar-refractivity contribution in [3.05, 3.63) is 77.9 Å². The van der Waals surface area contributed by atoms with E-state index in [2.05, 4.69) is 26.2 Å². The summed E-state index contributed by atoms with van der Waals surface area (Å²) in [6, 6.07) is 17.8. The van der Waals surface area contributed by atoms with Gasteiger partial charge < -0.3 is 15.4 Å². The first-order valence-corrected chi connectivity index (χ1v) is 12.7. The summed E-state index contributed by atoms with van der Waals surface area (Å²) in [5, 5.41) is 5.37. The van der Waals surface area contributed by atoms with Crippen molar-refractivity contribution in [1.82, 2.24) is 10.7 Å². The van der Waals surface area contributed by atoms with Gasteiger partial charge in [-0.1, -0.05) is 23.8 Å². The van der Waals surface area contributed by atoms with Gasteiger partial charge in [-0.15, -0.1) is 0 Å². The molecule has 0 aliphatic heterocycles. The van der Waals surface area contributed by atoms with Crippen molar-refractivity contribution in [2.24, 2.45) is 0 Å². The summed E-state index contributed by atoms with van der Waals surface area (Å²) >= 11 is 0. The third kappa shape index (κ3) is 7.91. The van der Waals surface area contributed by atoms with Gasteiger partial charge in [0.25, 0.3) is 10.0 Å². The molecule has 10 nitrogen and oxygen atoms in total. The highest BCUT2D eigenvalue weighted by Gasteiger charge is 2.15. The second kappa shape index (κ2) is 12.5. The van der Waals surface area contributed by atoms with Crippen molar-refractivity contribution < 1.29 is 22.7 Å². The predicted molar refractivity (Wildman–Crippen MR) is 140 cm³/mol. The Kier molecular flexibility index (Phi) is 9.12. The Morgan fingerprint density at radius 2 is 1.69 bits per heavy atom. The molecule has 190 valence electrons. The molecule has 0 spiro atoms. The highest BCUT2D eigenvalue weighted by atomic mass is 32.2. The van der Waals surface area contributed by atoms with Crippen molar-refractivity contribution in [1.29, 1.82) is 0 Å². The molecule has 0 heterocycles.